The van der Waals surface area contributed by atoms with Crippen LogP contribution in [0.25, 0.3) is 0 Å². The van der Waals surface area contributed by atoms with E-state index in [2.05, 4.69) is 37.2 Å². The molecule has 98 valence electrons. The summed E-state index contributed by atoms with van der Waals surface area (Å²) in [6.07, 6.45) is 0. The van der Waals surface area contributed by atoms with Gasteiger partial charge in [0.05, 0.1) is 10.7 Å². The molecule has 2 aromatic carbocycles. The number of rotatable bonds is 2. The second-order valence-corrected chi connectivity index (χ2v) is 5.99. The second-order valence-electron chi connectivity index (χ2n) is 3.81. The molecule has 2 rings (SSSR count). The lowest BCUT2D eigenvalue weighted by Gasteiger charge is -2.08. The Morgan fingerprint density at radius 3 is 2.58 bits per heavy atom. The highest BCUT2D eigenvalue weighted by Gasteiger charge is 2.10. The molecule has 3 N–H and O–H groups in total. The van der Waals surface area contributed by atoms with Gasteiger partial charge in [-0.2, -0.15) is 0 Å². The molecule has 0 spiro atoms. The van der Waals surface area contributed by atoms with E-state index in [0.29, 0.717) is 26.4 Å². The third-order valence-corrected chi connectivity index (χ3v) is 3.95. The molecule has 6 heteroatoms. The summed E-state index contributed by atoms with van der Waals surface area (Å²) in [5.41, 5.74) is 7.31. The lowest BCUT2D eigenvalue weighted by molar-refractivity contribution is 0.102. The Hall–Kier alpha value is -1.04. The molecule has 0 aliphatic carbocycles. The van der Waals surface area contributed by atoms with Crippen molar-refractivity contribution in [3.63, 3.8) is 0 Å². The Morgan fingerprint density at radius 1 is 1.16 bits per heavy atom. The third kappa shape index (κ3) is 3.49. The molecule has 0 aliphatic rings. The largest absolute Gasteiger partial charge is 0.398 e. The highest BCUT2D eigenvalue weighted by atomic mass is 79.9. The van der Waals surface area contributed by atoms with Crippen LogP contribution in [0.4, 0.5) is 11.4 Å². The fraction of sp³-hybridized carbons (Fsp3) is 0. The van der Waals surface area contributed by atoms with E-state index >= 15 is 0 Å². The Balaban J connectivity index is 2.25. The molecule has 0 radical (unpaired) electrons. The fourth-order valence-corrected chi connectivity index (χ4v) is 2.36. The summed E-state index contributed by atoms with van der Waals surface area (Å²) >= 11 is 12.6. The lowest BCUT2D eigenvalue weighted by atomic mass is 10.2. The summed E-state index contributed by atoms with van der Waals surface area (Å²) in [4.78, 5) is 12.1. The molecule has 19 heavy (non-hydrogen) atoms. The number of benzene rings is 2. The number of halogens is 3. The van der Waals surface area contributed by atoms with Gasteiger partial charge in [-0.15, -0.1) is 0 Å². The van der Waals surface area contributed by atoms with Gasteiger partial charge in [-0.3, -0.25) is 4.79 Å². The van der Waals surface area contributed by atoms with Crippen molar-refractivity contribution in [2.45, 2.75) is 0 Å². The van der Waals surface area contributed by atoms with Crippen LogP contribution in [0.3, 0.4) is 0 Å². The fourth-order valence-electron chi connectivity index (χ4n) is 1.46. The first-order valence-corrected chi connectivity index (χ1v) is 7.25. The van der Waals surface area contributed by atoms with Crippen LogP contribution in [0.15, 0.2) is 45.3 Å². The van der Waals surface area contributed by atoms with Gasteiger partial charge in [-0.25, -0.2) is 0 Å². The first kappa shape index (κ1) is 14.4. The Bertz CT molecular complexity index is 647. The smallest absolute Gasteiger partial charge is 0.255 e. The van der Waals surface area contributed by atoms with E-state index in [1.54, 1.807) is 36.4 Å². The van der Waals surface area contributed by atoms with E-state index in [9.17, 15) is 4.79 Å². The molecular formula is C13H9Br2ClN2O. The van der Waals surface area contributed by atoms with Gasteiger partial charge in [0.15, 0.2) is 0 Å². The number of carbonyl (C=O) groups is 1. The average Bonchev–Trinajstić information content (AvgIpc) is 2.37. The molecule has 0 aromatic heterocycles. The molecule has 0 bridgehead atoms. The van der Waals surface area contributed by atoms with Crippen molar-refractivity contribution in [1.29, 1.82) is 0 Å². The van der Waals surface area contributed by atoms with Crippen molar-refractivity contribution >= 4 is 60.7 Å². The minimum atomic E-state index is -0.249. The monoisotopic (exact) mass is 402 g/mol. The summed E-state index contributed by atoms with van der Waals surface area (Å²) < 4.78 is 1.52. The first-order chi connectivity index (χ1) is 8.97. The van der Waals surface area contributed by atoms with Gasteiger partial charge in [0, 0.05) is 20.2 Å². The van der Waals surface area contributed by atoms with Crippen LogP contribution in [0.5, 0.6) is 0 Å². The zero-order chi connectivity index (χ0) is 14.0. The average molecular weight is 404 g/mol. The van der Waals surface area contributed by atoms with Crippen molar-refractivity contribution in [1.82, 2.24) is 0 Å². The van der Waals surface area contributed by atoms with Crippen molar-refractivity contribution in [2.24, 2.45) is 0 Å². The first-order valence-electron chi connectivity index (χ1n) is 5.29. The van der Waals surface area contributed by atoms with Gasteiger partial charge in [0.25, 0.3) is 5.91 Å². The molecular weight excluding hydrogens is 395 g/mol. The number of hydrogen-bond donors (Lipinski definition) is 2. The van der Waals surface area contributed by atoms with E-state index in [0.717, 1.165) is 4.47 Å². The molecule has 2 aromatic rings. The van der Waals surface area contributed by atoms with Crippen molar-refractivity contribution in [3.8, 4) is 0 Å². The van der Waals surface area contributed by atoms with Crippen molar-refractivity contribution < 1.29 is 4.79 Å². The molecule has 0 fully saturated rings. The van der Waals surface area contributed by atoms with E-state index in [1.807, 2.05) is 0 Å². The molecule has 0 saturated carbocycles. The van der Waals surface area contributed by atoms with Crippen LogP contribution >= 0.6 is 43.5 Å². The molecule has 0 heterocycles. The summed E-state index contributed by atoms with van der Waals surface area (Å²) in [7, 11) is 0. The number of hydrogen-bond acceptors (Lipinski definition) is 2. The number of anilines is 2. The number of amides is 1. The van der Waals surface area contributed by atoms with E-state index < -0.39 is 0 Å². The number of nitrogens with one attached hydrogen (secondary N) is 1. The Labute approximate surface area is 132 Å². The summed E-state index contributed by atoms with van der Waals surface area (Å²) in [6, 6.07) is 10.2. The van der Waals surface area contributed by atoms with Crippen LogP contribution < -0.4 is 11.1 Å². The van der Waals surface area contributed by atoms with Gasteiger partial charge < -0.3 is 11.1 Å². The minimum absolute atomic E-state index is 0.249. The van der Waals surface area contributed by atoms with E-state index in [1.165, 1.54) is 0 Å². The topological polar surface area (TPSA) is 55.1 Å². The highest BCUT2D eigenvalue weighted by molar-refractivity contribution is 9.10. The third-order valence-electron chi connectivity index (χ3n) is 2.44. The summed E-state index contributed by atoms with van der Waals surface area (Å²) in [5, 5.41) is 3.23. The minimum Gasteiger partial charge on any atom is -0.398 e. The Morgan fingerprint density at radius 2 is 1.89 bits per heavy atom. The van der Waals surface area contributed by atoms with Gasteiger partial charge in [-0.1, -0.05) is 27.5 Å². The summed E-state index contributed by atoms with van der Waals surface area (Å²) in [5.74, 6) is -0.249. The van der Waals surface area contributed by atoms with Crippen LogP contribution in [-0.4, -0.2) is 5.91 Å². The van der Waals surface area contributed by atoms with Gasteiger partial charge in [-0.05, 0) is 52.3 Å². The lowest BCUT2D eigenvalue weighted by Crippen LogP contribution is -2.12. The maximum absolute atomic E-state index is 12.1. The number of nitrogens with two attached hydrogens (primary N) is 1. The Kier molecular flexibility index (Phi) is 4.50. The van der Waals surface area contributed by atoms with Crippen LogP contribution in [0, 0.1) is 0 Å². The van der Waals surface area contributed by atoms with E-state index in [4.69, 9.17) is 17.3 Å². The number of nitrogen functional groups attached to an aromatic ring is 1. The quantitative estimate of drug-likeness (QED) is 0.713. The van der Waals surface area contributed by atoms with Gasteiger partial charge in [0.1, 0.15) is 0 Å². The van der Waals surface area contributed by atoms with Crippen LogP contribution in [0.2, 0.25) is 5.02 Å². The van der Waals surface area contributed by atoms with Crippen LogP contribution in [-0.2, 0) is 0 Å². The molecule has 0 atom stereocenters. The molecule has 3 nitrogen and oxygen atoms in total. The zero-order valence-corrected chi connectivity index (χ0v) is 13.5. The SMILES string of the molecule is Nc1ccc(C(=O)Nc2cc(Br)ccc2Cl)cc1Br. The maximum Gasteiger partial charge on any atom is 0.255 e. The molecule has 1 amide bonds. The van der Waals surface area contributed by atoms with Crippen molar-refractivity contribution in [3.05, 3.63) is 55.9 Å². The predicted molar refractivity (Wildman–Crippen MR) is 85.7 cm³/mol. The standard InChI is InChI=1S/C13H9Br2ClN2O/c14-8-2-3-10(16)12(6-8)18-13(19)7-1-4-11(17)9(15)5-7/h1-6H,17H2,(H,18,19). The van der Waals surface area contributed by atoms with Gasteiger partial charge in [0.2, 0.25) is 0 Å². The molecule has 0 saturated heterocycles. The zero-order valence-electron chi connectivity index (χ0n) is 9.58. The number of carbonyl (C=O) groups excluding carboxylic acids is 1. The van der Waals surface area contributed by atoms with Crippen LogP contribution in [0.1, 0.15) is 10.4 Å². The highest BCUT2D eigenvalue weighted by Crippen LogP contribution is 2.27. The molecule has 0 unspecified atom stereocenters. The van der Waals surface area contributed by atoms with Gasteiger partial charge >= 0.3 is 0 Å². The van der Waals surface area contributed by atoms with E-state index in [-0.39, 0.29) is 5.91 Å². The molecule has 0 aliphatic heterocycles. The maximum atomic E-state index is 12.1. The second kappa shape index (κ2) is 5.94. The van der Waals surface area contributed by atoms with Crippen molar-refractivity contribution in [2.75, 3.05) is 11.1 Å². The predicted octanol–water partition coefficient (Wildman–Crippen LogP) is 4.70. The summed E-state index contributed by atoms with van der Waals surface area (Å²) in [6.45, 7) is 0. The normalized spacial score (nSPS) is 10.3.